The first-order valence-corrected chi connectivity index (χ1v) is 10.5. The first-order valence-electron chi connectivity index (χ1n) is 8.29. The molecule has 1 fully saturated rings. The summed E-state index contributed by atoms with van der Waals surface area (Å²) in [6.45, 7) is 5.49. The van der Waals surface area contributed by atoms with Gasteiger partial charge in [-0.15, -0.1) is 11.3 Å². The van der Waals surface area contributed by atoms with Crippen molar-refractivity contribution in [2.75, 3.05) is 19.6 Å². The lowest BCUT2D eigenvalue weighted by molar-refractivity contribution is -0.126. The van der Waals surface area contributed by atoms with E-state index in [2.05, 4.69) is 12.2 Å². The molecule has 130 valence electrons. The van der Waals surface area contributed by atoms with Gasteiger partial charge in [0.2, 0.25) is 5.91 Å². The van der Waals surface area contributed by atoms with E-state index >= 15 is 0 Å². The van der Waals surface area contributed by atoms with Gasteiger partial charge < -0.3 is 5.32 Å². The molecular formula is C16H26N2O3S2. The zero-order valence-corrected chi connectivity index (χ0v) is 15.5. The molecule has 0 saturated carbocycles. The molecule has 1 aromatic rings. The monoisotopic (exact) mass is 358 g/mol. The summed E-state index contributed by atoms with van der Waals surface area (Å²) in [4.78, 5) is 13.2. The zero-order chi connectivity index (χ0) is 16.9. The number of unbranched alkanes of at least 4 members (excludes halogenated alkanes) is 2. The van der Waals surface area contributed by atoms with E-state index in [0.717, 1.165) is 37.0 Å². The Hall–Kier alpha value is -0.920. The third-order valence-electron chi connectivity index (χ3n) is 4.14. The molecule has 1 atom stereocenters. The molecule has 0 aliphatic carbocycles. The van der Waals surface area contributed by atoms with Gasteiger partial charge in [-0.3, -0.25) is 4.79 Å². The number of hydrogen-bond acceptors (Lipinski definition) is 4. The quantitative estimate of drug-likeness (QED) is 0.762. The van der Waals surface area contributed by atoms with E-state index in [1.807, 2.05) is 13.0 Å². The molecule has 0 bridgehead atoms. The Bertz CT molecular complexity index is 625. The van der Waals surface area contributed by atoms with Gasteiger partial charge >= 0.3 is 0 Å². The summed E-state index contributed by atoms with van der Waals surface area (Å²) in [5.74, 6) is -0.246. The number of nitrogens with zero attached hydrogens (tertiary/aromatic N) is 1. The molecule has 1 amide bonds. The maximum atomic E-state index is 12.7. The minimum Gasteiger partial charge on any atom is -0.356 e. The average Bonchev–Trinajstić information content (AvgIpc) is 2.99. The third kappa shape index (κ3) is 4.78. The standard InChI is InChI=1S/C16H26N2O3S2/c1-3-4-5-10-17-16(19)14-7-6-11-18(12-14)23(20,21)15-9-8-13(2)22-15/h8-9,14H,3-7,10-12H2,1-2H3,(H,17,19). The average molecular weight is 359 g/mol. The minimum absolute atomic E-state index is 0.0108. The van der Waals surface area contributed by atoms with Crippen molar-refractivity contribution >= 4 is 27.3 Å². The van der Waals surface area contributed by atoms with Crippen LogP contribution in [-0.2, 0) is 14.8 Å². The Kier molecular flexibility index (Phi) is 6.61. The van der Waals surface area contributed by atoms with Gasteiger partial charge in [0.1, 0.15) is 4.21 Å². The topological polar surface area (TPSA) is 66.5 Å². The molecule has 0 spiro atoms. The van der Waals surface area contributed by atoms with Gasteiger partial charge in [-0.25, -0.2) is 8.42 Å². The second-order valence-electron chi connectivity index (χ2n) is 6.07. The van der Waals surface area contributed by atoms with Crippen molar-refractivity contribution in [2.45, 2.75) is 50.2 Å². The number of thiophene rings is 1. The highest BCUT2D eigenvalue weighted by Gasteiger charge is 2.33. The number of rotatable bonds is 7. The molecule has 0 radical (unpaired) electrons. The summed E-state index contributed by atoms with van der Waals surface area (Å²) < 4.78 is 27.2. The van der Waals surface area contributed by atoms with Crippen LogP contribution in [0.5, 0.6) is 0 Å². The fourth-order valence-corrected chi connectivity index (χ4v) is 5.75. The van der Waals surface area contributed by atoms with Gasteiger partial charge in [-0.2, -0.15) is 4.31 Å². The number of carbonyl (C=O) groups is 1. The molecule has 23 heavy (non-hydrogen) atoms. The van der Waals surface area contributed by atoms with Gasteiger partial charge in [0, 0.05) is 24.5 Å². The molecule has 7 heteroatoms. The van der Waals surface area contributed by atoms with Crippen LogP contribution in [0.4, 0.5) is 0 Å². The van der Waals surface area contributed by atoms with Crippen LogP contribution in [0, 0.1) is 12.8 Å². The van der Waals surface area contributed by atoms with E-state index in [1.54, 1.807) is 6.07 Å². The Morgan fingerprint density at radius 2 is 2.17 bits per heavy atom. The van der Waals surface area contributed by atoms with Crippen LogP contribution in [0.1, 0.15) is 43.9 Å². The normalized spacial score (nSPS) is 19.7. The number of sulfonamides is 1. The van der Waals surface area contributed by atoms with Crippen LogP contribution >= 0.6 is 11.3 Å². The van der Waals surface area contributed by atoms with E-state index in [-0.39, 0.29) is 11.8 Å². The van der Waals surface area contributed by atoms with Gasteiger partial charge in [-0.05, 0) is 38.3 Å². The van der Waals surface area contributed by atoms with Crippen molar-refractivity contribution in [3.05, 3.63) is 17.0 Å². The van der Waals surface area contributed by atoms with E-state index in [4.69, 9.17) is 0 Å². The summed E-state index contributed by atoms with van der Waals surface area (Å²) in [6, 6.07) is 3.48. The Labute approximate surface area is 143 Å². The molecule has 1 aromatic heterocycles. The van der Waals surface area contributed by atoms with Crippen molar-refractivity contribution in [1.82, 2.24) is 9.62 Å². The van der Waals surface area contributed by atoms with E-state index in [1.165, 1.54) is 15.6 Å². The lowest BCUT2D eigenvalue weighted by atomic mass is 9.99. The fourth-order valence-electron chi connectivity index (χ4n) is 2.78. The smallest absolute Gasteiger partial charge is 0.252 e. The Morgan fingerprint density at radius 3 is 2.83 bits per heavy atom. The van der Waals surface area contributed by atoms with Crippen molar-refractivity contribution in [1.29, 1.82) is 0 Å². The van der Waals surface area contributed by atoms with Gasteiger partial charge in [0.05, 0.1) is 5.92 Å². The highest BCUT2D eigenvalue weighted by atomic mass is 32.2. The number of amides is 1. The molecule has 1 N–H and O–H groups in total. The summed E-state index contributed by atoms with van der Waals surface area (Å²) in [7, 11) is -3.46. The maximum absolute atomic E-state index is 12.7. The fraction of sp³-hybridized carbons (Fsp3) is 0.688. The summed E-state index contributed by atoms with van der Waals surface area (Å²) in [5.41, 5.74) is 0. The first-order chi connectivity index (χ1) is 10.9. The second-order valence-corrected chi connectivity index (χ2v) is 9.52. The summed E-state index contributed by atoms with van der Waals surface area (Å²) in [6.07, 6.45) is 4.69. The van der Waals surface area contributed by atoms with Crippen LogP contribution in [-0.4, -0.2) is 38.3 Å². The number of piperidine rings is 1. The van der Waals surface area contributed by atoms with Crippen LogP contribution < -0.4 is 5.32 Å². The van der Waals surface area contributed by atoms with E-state index in [0.29, 0.717) is 23.8 Å². The van der Waals surface area contributed by atoms with Crippen molar-refractivity contribution in [3.8, 4) is 0 Å². The van der Waals surface area contributed by atoms with Crippen molar-refractivity contribution < 1.29 is 13.2 Å². The zero-order valence-electron chi connectivity index (χ0n) is 13.9. The van der Waals surface area contributed by atoms with E-state index in [9.17, 15) is 13.2 Å². The SMILES string of the molecule is CCCCCNC(=O)C1CCCN(S(=O)(=O)c2ccc(C)s2)C1. The van der Waals surface area contributed by atoms with Crippen LogP contribution in [0.25, 0.3) is 0 Å². The van der Waals surface area contributed by atoms with Gasteiger partial charge in [0.25, 0.3) is 10.0 Å². The van der Waals surface area contributed by atoms with Crippen LogP contribution in [0.3, 0.4) is 0 Å². The predicted octanol–water partition coefficient (Wildman–Crippen LogP) is 2.76. The Balaban J connectivity index is 1.96. The van der Waals surface area contributed by atoms with Gasteiger partial charge in [0.15, 0.2) is 0 Å². The number of carbonyl (C=O) groups excluding carboxylic acids is 1. The molecule has 5 nitrogen and oxygen atoms in total. The second kappa shape index (κ2) is 8.26. The largest absolute Gasteiger partial charge is 0.356 e. The molecule has 1 aliphatic rings. The predicted molar refractivity (Wildman–Crippen MR) is 93.1 cm³/mol. The minimum atomic E-state index is -3.46. The van der Waals surface area contributed by atoms with Crippen LogP contribution in [0.2, 0.25) is 0 Å². The molecule has 0 aromatic carbocycles. The van der Waals surface area contributed by atoms with Crippen molar-refractivity contribution in [3.63, 3.8) is 0 Å². The summed E-state index contributed by atoms with van der Waals surface area (Å²) >= 11 is 1.29. The maximum Gasteiger partial charge on any atom is 0.252 e. The first kappa shape index (κ1) is 18.4. The van der Waals surface area contributed by atoms with Crippen LogP contribution in [0.15, 0.2) is 16.3 Å². The lowest BCUT2D eigenvalue weighted by Gasteiger charge is -2.30. The van der Waals surface area contributed by atoms with Gasteiger partial charge in [-0.1, -0.05) is 19.8 Å². The number of aryl methyl sites for hydroxylation is 1. The van der Waals surface area contributed by atoms with E-state index < -0.39 is 10.0 Å². The van der Waals surface area contributed by atoms with Crippen molar-refractivity contribution in [2.24, 2.45) is 5.92 Å². The molecular weight excluding hydrogens is 332 g/mol. The Morgan fingerprint density at radius 1 is 1.39 bits per heavy atom. The highest BCUT2D eigenvalue weighted by molar-refractivity contribution is 7.91. The number of hydrogen-bond donors (Lipinski definition) is 1. The lowest BCUT2D eigenvalue weighted by Crippen LogP contribution is -2.45. The molecule has 1 unspecified atom stereocenters. The molecule has 1 aliphatic heterocycles. The highest BCUT2D eigenvalue weighted by Crippen LogP contribution is 2.28. The third-order valence-corrected chi connectivity index (χ3v) is 7.48. The molecule has 2 heterocycles. The number of nitrogens with one attached hydrogen (secondary N) is 1. The summed E-state index contributed by atoms with van der Waals surface area (Å²) in [5, 5.41) is 2.95. The molecule has 2 rings (SSSR count). The molecule has 1 saturated heterocycles.